The number of hydrogen-bond donors (Lipinski definition) is 1. The smallest absolute Gasteiger partial charge is 0.267 e. The van der Waals surface area contributed by atoms with Gasteiger partial charge in [0.05, 0.1) is 7.11 Å². The Morgan fingerprint density at radius 3 is 2.76 bits per heavy atom. The normalized spacial score (nSPS) is 12.0. The SMILES string of the molecule is CC[C@@H](Oc1cccc(OC)c1)C(=O)Nc1nnc(SCC(C)C)s1. The number of aromatic nitrogens is 2. The van der Waals surface area contributed by atoms with Crippen molar-refractivity contribution in [3.8, 4) is 11.5 Å². The summed E-state index contributed by atoms with van der Waals surface area (Å²) in [5.74, 6) is 2.59. The zero-order valence-electron chi connectivity index (χ0n) is 14.8. The van der Waals surface area contributed by atoms with Crippen LogP contribution in [0.1, 0.15) is 27.2 Å². The van der Waals surface area contributed by atoms with Crippen LogP contribution in [0.5, 0.6) is 11.5 Å². The maximum atomic E-state index is 12.4. The summed E-state index contributed by atoms with van der Waals surface area (Å²) in [4.78, 5) is 12.4. The molecule has 0 aliphatic carbocycles. The number of carbonyl (C=O) groups excluding carboxylic acids is 1. The highest BCUT2D eigenvalue weighted by atomic mass is 32.2. The van der Waals surface area contributed by atoms with Gasteiger partial charge in [0.2, 0.25) is 5.13 Å². The quantitative estimate of drug-likeness (QED) is 0.521. The van der Waals surface area contributed by atoms with Crippen molar-refractivity contribution in [3.63, 3.8) is 0 Å². The number of benzene rings is 1. The molecule has 0 spiro atoms. The van der Waals surface area contributed by atoms with Crippen LogP contribution in [0.2, 0.25) is 0 Å². The average molecular weight is 382 g/mol. The Labute approximate surface area is 156 Å². The summed E-state index contributed by atoms with van der Waals surface area (Å²) in [6.45, 7) is 6.20. The molecule has 8 heteroatoms. The number of nitrogens with zero attached hydrogens (tertiary/aromatic N) is 2. The number of methoxy groups -OCH3 is 1. The van der Waals surface area contributed by atoms with Gasteiger partial charge >= 0.3 is 0 Å². The molecule has 1 aromatic carbocycles. The Bertz CT molecular complexity index is 691. The number of ether oxygens (including phenoxy) is 2. The van der Waals surface area contributed by atoms with Crippen LogP contribution in [0.4, 0.5) is 5.13 Å². The molecule has 1 atom stereocenters. The molecule has 0 bridgehead atoms. The minimum atomic E-state index is -0.609. The topological polar surface area (TPSA) is 73.3 Å². The van der Waals surface area contributed by atoms with Gasteiger partial charge in [0.1, 0.15) is 11.5 Å². The number of rotatable bonds is 9. The second-order valence-electron chi connectivity index (χ2n) is 5.76. The third kappa shape index (κ3) is 6.21. The first-order valence-electron chi connectivity index (χ1n) is 8.09. The lowest BCUT2D eigenvalue weighted by atomic mass is 10.2. The molecule has 1 aromatic heterocycles. The average Bonchev–Trinajstić information content (AvgIpc) is 3.05. The number of anilines is 1. The fraction of sp³-hybridized carbons (Fsp3) is 0.471. The lowest BCUT2D eigenvalue weighted by Crippen LogP contribution is -2.32. The van der Waals surface area contributed by atoms with E-state index in [1.807, 2.05) is 19.1 Å². The second kappa shape index (κ2) is 9.62. The monoisotopic (exact) mass is 381 g/mol. The molecule has 0 saturated heterocycles. The Kier molecular flexibility index (Phi) is 7.52. The van der Waals surface area contributed by atoms with Crippen molar-refractivity contribution in [1.29, 1.82) is 0 Å². The van der Waals surface area contributed by atoms with Crippen LogP contribution in [0.25, 0.3) is 0 Å². The number of hydrogen-bond acceptors (Lipinski definition) is 7. The Hall–Kier alpha value is -1.80. The number of thioether (sulfide) groups is 1. The van der Waals surface area contributed by atoms with Crippen LogP contribution < -0.4 is 14.8 Å². The first-order valence-corrected chi connectivity index (χ1v) is 9.90. The lowest BCUT2D eigenvalue weighted by Gasteiger charge is -2.16. The van der Waals surface area contributed by atoms with Crippen LogP contribution >= 0.6 is 23.1 Å². The molecule has 0 aliphatic rings. The van der Waals surface area contributed by atoms with E-state index in [0.29, 0.717) is 29.0 Å². The molecule has 1 N–H and O–H groups in total. The van der Waals surface area contributed by atoms with Gasteiger partial charge in [-0.3, -0.25) is 10.1 Å². The van der Waals surface area contributed by atoms with Crippen molar-refractivity contribution in [2.75, 3.05) is 18.2 Å². The Balaban J connectivity index is 1.95. The Morgan fingerprint density at radius 2 is 2.08 bits per heavy atom. The zero-order valence-corrected chi connectivity index (χ0v) is 16.4. The summed E-state index contributed by atoms with van der Waals surface area (Å²) in [5, 5.41) is 11.4. The summed E-state index contributed by atoms with van der Waals surface area (Å²) in [5.41, 5.74) is 0. The van der Waals surface area contributed by atoms with Crippen molar-refractivity contribution < 1.29 is 14.3 Å². The highest BCUT2D eigenvalue weighted by molar-refractivity contribution is 8.01. The molecule has 2 rings (SSSR count). The van der Waals surface area contributed by atoms with E-state index in [0.717, 1.165) is 10.1 Å². The molecule has 0 saturated carbocycles. The molecule has 1 heterocycles. The van der Waals surface area contributed by atoms with Gasteiger partial charge < -0.3 is 9.47 Å². The molecule has 0 fully saturated rings. The fourth-order valence-electron chi connectivity index (χ4n) is 1.90. The van der Waals surface area contributed by atoms with Crippen LogP contribution in [0.3, 0.4) is 0 Å². The number of carbonyl (C=O) groups is 1. The first kappa shape index (κ1) is 19.5. The van der Waals surface area contributed by atoms with Crippen LogP contribution in [0, 0.1) is 5.92 Å². The van der Waals surface area contributed by atoms with Gasteiger partial charge in [-0.15, -0.1) is 10.2 Å². The third-order valence-electron chi connectivity index (χ3n) is 3.16. The molecule has 1 amide bonds. The van der Waals surface area contributed by atoms with Crippen molar-refractivity contribution in [3.05, 3.63) is 24.3 Å². The summed E-state index contributed by atoms with van der Waals surface area (Å²) < 4.78 is 11.8. The highest BCUT2D eigenvalue weighted by Gasteiger charge is 2.20. The van der Waals surface area contributed by atoms with E-state index in [9.17, 15) is 4.79 Å². The predicted octanol–water partition coefficient (Wildman–Crippen LogP) is 4.09. The fourth-order valence-corrected chi connectivity index (χ4v) is 3.63. The van der Waals surface area contributed by atoms with Gasteiger partial charge in [-0.1, -0.05) is 49.9 Å². The van der Waals surface area contributed by atoms with Gasteiger partial charge in [-0.2, -0.15) is 0 Å². The molecule has 0 aliphatic heterocycles. The van der Waals surface area contributed by atoms with Crippen LogP contribution in [0.15, 0.2) is 28.6 Å². The highest BCUT2D eigenvalue weighted by Crippen LogP contribution is 2.27. The number of nitrogens with one attached hydrogen (secondary N) is 1. The molecule has 6 nitrogen and oxygen atoms in total. The van der Waals surface area contributed by atoms with Gasteiger partial charge in [0, 0.05) is 11.8 Å². The summed E-state index contributed by atoms with van der Waals surface area (Å²) >= 11 is 3.02. The van der Waals surface area contributed by atoms with Crippen molar-refractivity contribution in [2.45, 2.75) is 37.6 Å². The van der Waals surface area contributed by atoms with Crippen molar-refractivity contribution in [1.82, 2.24) is 10.2 Å². The Morgan fingerprint density at radius 1 is 1.32 bits per heavy atom. The molecule has 2 aromatic rings. The minimum absolute atomic E-state index is 0.234. The standard InChI is InChI=1S/C17H23N3O3S2/c1-5-14(23-13-8-6-7-12(9-13)22-4)15(21)18-16-19-20-17(25-16)24-10-11(2)3/h6-9,11,14H,5,10H2,1-4H3,(H,18,19,21)/t14-/m1/s1. The zero-order chi connectivity index (χ0) is 18.2. The van der Waals surface area contributed by atoms with Crippen LogP contribution in [-0.2, 0) is 4.79 Å². The van der Waals surface area contributed by atoms with E-state index >= 15 is 0 Å². The molecule has 0 radical (unpaired) electrons. The largest absolute Gasteiger partial charge is 0.497 e. The van der Waals surface area contributed by atoms with E-state index < -0.39 is 6.10 Å². The molecule has 0 unspecified atom stereocenters. The summed E-state index contributed by atoms with van der Waals surface area (Å²) in [6.07, 6.45) is -0.0700. The first-order chi connectivity index (χ1) is 12.0. The molecular formula is C17H23N3O3S2. The van der Waals surface area contributed by atoms with Crippen molar-refractivity contribution in [2.24, 2.45) is 5.92 Å². The van der Waals surface area contributed by atoms with Crippen molar-refractivity contribution >= 4 is 34.1 Å². The maximum Gasteiger partial charge on any atom is 0.267 e. The van der Waals surface area contributed by atoms with Gasteiger partial charge in [-0.25, -0.2) is 0 Å². The van der Waals surface area contributed by atoms with E-state index in [-0.39, 0.29) is 5.91 Å². The minimum Gasteiger partial charge on any atom is -0.497 e. The summed E-state index contributed by atoms with van der Waals surface area (Å²) in [6, 6.07) is 7.19. The predicted molar refractivity (Wildman–Crippen MR) is 102 cm³/mol. The molecule has 136 valence electrons. The van der Waals surface area contributed by atoms with Gasteiger partial charge in [0.15, 0.2) is 10.4 Å². The number of amides is 1. The summed E-state index contributed by atoms with van der Waals surface area (Å²) in [7, 11) is 1.59. The van der Waals surface area contributed by atoms with E-state index in [1.54, 1.807) is 31.0 Å². The van der Waals surface area contributed by atoms with E-state index in [2.05, 4.69) is 29.4 Å². The third-order valence-corrected chi connectivity index (χ3v) is 5.56. The lowest BCUT2D eigenvalue weighted by molar-refractivity contribution is -0.122. The maximum absolute atomic E-state index is 12.4. The van der Waals surface area contributed by atoms with Gasteiger partial charge in [-0.05, 0) is 24.5 Å². The van der Waals surface area contributed by atoms with Gasteiger partial charge in [0.25, 0.3) is 5.91 Å². The molecular weight excluding hydrogens is 358 g/mol. The molecule has 25 heavy (non-hydrogen) atoms. The van der Waals surface area contributed by atoms with E-state index in [4.69, 9.17) is 9.47 Å². The van der Waals surface area contributed by atoms with E-state index in [1.165, 1.54) is 11.3 Å². The van der Waals surface area contributed by atoms with Crippen LogP contribution in [-0.4, -0.2) is 35.1 Å². The second-order valence-corrected chi connectivity index (χ2v) is 8.01.